The summed E-state index contributed by atoms with van der Waals surface area (Å²) in [6, 6.07) is -0.140. The molecule has 1 aliphatic rings. The van der Waals surface area contributed by atoms with Gasteiger partial charge >= 0.3 is 0 Å². The quantitative estimate of drug-likeness (QED) is 0.904. The molecule has 0 radical (unpaired) electrons. The molecule has 0 spiro atoms. The molecule has 1 fully saturated rings. The summed E-state index contributed by atoms with van der Waals surface area (Å²) < 4.78 is 5.47. The van der Waals surface area contributed by atoms with Gasteiger partial charge in [0.05, 0.1) is 18.8 Å². The second kappa shape index (κ2) is 5.33. The summed E-state index contributed by atoms with van der Waals surface area (Å²) in [5.74, 6) is 1.54. The molecule has 1 aliphatic heterocycles. The average molecular weight is 265 g/mol. The first-order valence-corrected chi connectivity index (χ1v) is 6.81. The summed E-state index contributed by atoms with van der Waals surface area (Å²) >= 11 is 0. The molecule has 5 nitrogen and oxygen atoms in total. The molecule has 0 aliphatic carbocycles. The van der Waals surface area contributed by atoms with Crippen LogP contribution >= 0.6 is 0 Å². The van der Waals surface area contributed by atoms with Crippen LogP contribution in [0.2, 0.25) is 0 Å². The van der Waals surface area contributed by atoms with Gasteiger partial charge in [0.25, 0.3) is 0 Å². The molecular weight excluding hydrogens is 242 g/mol. The number of amides is 1. The second-order valence-corrected chi connectivity index (χ2v) is 5.92. The van der Waals surface area contributed by atoms with E-state index in [9.17, 15) is 4.79 Å². The van der Waals surface area contributed by atoms with Crippen LogP contribution in [-0.2, 0) is 11.3 Å². The maximum absolute atomic E-state index is 12.6. The molecule has 1 N–H and O–H groups in total. The Morgan fingerprint density at radius 1 is 1.58 bits per heavy atom. The number of hydrogen-bond donors (Lipinski definition) is 1. The molecular formula is C14H23N3O2. The minimum atomic E-state index is -0.140. The van der Waals surface area contributed by atoms with Gasteiger partial charge in [-0.05, 0) is 25.3 Å². The Hall–Kier alpha value is -1.36. The van der Waals surface area contributed by atoms with Gasteiger partial charge in [0.1, 0.15) is 5.76 Å². The van der Waals surface area contributed by atoms with E-state index in [1.54, 1.807) is 6.20 Å². The van der Waals surface area contributed by atoms with Gasteiger partial charge in [-0.2, -0.15) is 0 Å². The van der Waals surface area contributed by atoms with Crippen molar-refractivity contribution in [2.45, 2.75) is 46.2 Å². The number of aryl methyl sites for hydroxylation is 1. The molecule has 19 heavy (non-hydrogen) atoms. The lowest BCUT2D eigenvalue weighted by Gasteiger charge is -2.32. The molecule has 0 bridgehead atoms. The van der Waals surface area contributed by atoms with Gasteiger partial charge in [-0.3, -0.25) is 4.79 Å². The van der Waals surface area contributed by atoms with Crippen LogP contribution in [0.25, 0.3) is 0 Å². The highest BCUT2D eigenvalue weighted by Gasteiger charge is 2.38. The Labute approximate surface area is 114 Å². The Balaban J connectivity index is 2.15. The molecule has 1 saturated heterocycles. The molecule has 2 rings (SSSR count). The van der Waals surface area contributed by atoms with E-state index in [0.717, 1.165) is 25.1 Å². The number of carbonyl (C=O) groups is 1. The van der Waals surface area contributed by atoms with E-state index < -0.39 is 0 Å². The Morgan fingerprint density at radius 2 is 2.32 bits per heavy atom. The molecule has 1 unspecified atom stereocenters. The fraction of sp³-hybridized carbons (Fsp3) is 0.714. The van der Waals surface area contributed by atoms with Gasteiger partial charge in [0.2, 0.25) is 5.91 Å². The van der Waals surface area contributed by atoms with Crippen molar-refractivity contribution in [1.29, 1.82) is 0 Å². The fourth-order valence-corrected chi connectivity index (χ4v) is 2.83. The van der Waals surface area contributed by atoms with E-state index in [4.69, 9.17) is 4.42 Å². The smallest absolute Gasteiger partial charge is 0.240 e. The third kappa shape index (κ3) is 2.97. The number of likely N-dealkylation sites (N-methyl/N-ethyl adjacent to an activating group) is 1. The third-order valence-corrected chi connectivity index (χ3v) is 3.89. The number of rotatable bonds is 3. The van der Waals surface area contributed by atoms with Gasteiger partial charge in [0.15, 0.2) is 5.89 Å². The molecule has 5 heteroatoms. The highest BCUT2D eigenvalue weighted by Crippen LogP contribution is 2.31. The normalized spacial score (nSPS) is 23.5. The Bertz CT molecular complexity index is 453. The topological polar surface area (TPSA) is 58.4 Å². The largest absolute Gasteiger partial charge is 0.444 e. The maximum Gasteiger partial charge on any atom is 0.240 e. The molecule has 1 atom stereocenters. The van der Waals surface area contributed by atoms with E-state index >= 15 is 0 Å². The lowest BCUT2D eigenvalue weighted by atomic mass is 9.80. The first-order chi connectivity index (χ1) is 8.94. The number of nitrogens with zero attached hydrogens (tertiary/aromatic N) is 2. The summed E-state index contributed by atoms with van der Waals surface area (Å²) in [5, 5.41) is 3.17. The molecule has 0 aromatic carbocycles. The Morgan fingerprint density at radius 3 is 2.89 bits per heavy atom. The van der Waals surface area contributed by atoms with Crippen LogP contribution in [0.4, 0.5) is 0 Å². The monoisotopic (exact) mass is 265 g/mol. The van der Waals surface area contributed by atoms with Crippen molar-refractivity contribution >= 4 is 5.91 Å². The zero-order valence-corrected chi connectivity index (χ0v) is 12.2. The van der Waals surface area contributed by atoms with Crippen molar-refractivity contribution in [1.82, 2.24) is 15.2 Å². The highest BCUT2D eigenvalue weighted by atomic mass is 16.4. The van der Waals surface area contributed by atoms with Crippen molar-refractivity contribution in [2.24, 2.45) is 5.41 Å². The second-order valence-electron chi connectivity index (χ2n) is 5.92. The minimum Gasteiger partial charge on any atom is -0.444 e. The molecule has 106 valence electrons. The van der Waals surface area contributed by atoms with Gasteiger partial charge < -0.3 is 14.6 Å². The Kier molecular flexibility index (Phi) is 3.94. The summed E-state index contributed by atoms with van der Waals surface area (Å²) in [5.41, 5.74) is -0.0160. The van der Waals surface area contributed by atoms with Crippen LogP contribution < -0.4 is 5.32 Å². The summed E-state index contributed by atoms with van der Waals surface area (Å²) in [4.78, 5) is 18.6. The SMILES string of the molecule is CNC1C(=O)N(Cc2cnc(C)o2)CCCC1(C)C. The van der Waals surface area contributed by atoms with Crippen molar-refractivity contribution in [3.05, 3.63) is 17.8 Å². The van der Waals surface area contributed by atoms with Crippen LogP contribution in [0.5, 0.6) is 0 Å². The van der Waals surface area contributed by atoms with Crippen LogP contribution in [0.15, 0.2) is 10.6 Å². The molecule has 1 aromatic heterocycles. The predicted octanol–water partition coefficient (Wildman–Crippen LogP) is 1.72. The molecule has 0 saturated carbocycles. The number of likely N-dealkylation sites (tertiary alicyclic amines) is 1. The lowest BCUT2D eigenvalue weighted by molar-refractivity contribution is -0.135. The summed E-state index contributed by atoms with van der Waals surface area (Å²) in [6.45, 7) is 7.39. The van der Waals surface area contributed by atoms with Gasteiger partial charge in [-0.1, -0.05) is 13.8 Å². The zero-order chi connectivity index (χ0) is 14.0. The van der Waals surface area contributed by atoms with Gasteiger partial charge in [0, 0.05) is 13.5 Å². The zero-order valence-electron chi connectivity index (χ0n) is 12.2. The number of oxazole rings is 1. The number of aromatic nitrogens is 1. The van der Waals surface area contributed by atoms with Crippen molar-refractivity contribution in [2.75, 3.05) is 13.6 Å². The number of carbonyl (C=O) groups excluding carboxylic acids is 1. The van der Waals surface area contributed by atoms with Crippen molar-refractivity contribution < 1.29 is 9.21 Å². The number of hydrogen-bond acceptors (Lipinski definition) is 4. The van der Waals surface area contributed by atoms with Gasteiger partial charge in [-0.15, -0.1) is 0 Å². The van der Waals surface area contributed by atoms with E-state index in [1.165, 1.54) is 0 Å². The van der Waals surface area contributed by atoms with Crippen LogP contribution in [-0.4, -0.2) is 35.4 Å². The number of nitrogens with one attached hydrogen (secondary N) is 1. The molecule has 1 aromatic rings. The highest BCUT2D eigenvalue weighted by molar-refractivity contribution is 5.83. The fourth-order valence-electron chi connectivity index (χ4n) is 2.83. The van der Waals surface area contributed by atoms with E-state index in [1.807, 2.05) is 18.9 Å². The minimum absolute atomic E-state index is 0.0160. The maximum atomic E-state index is 12.6. The molecule has 1 amide bonds. The first-order valence-electron chi connectivity index (χ1n) is 6.81. The lowest BCUT2D eigenvalue weighted by Crippen LogP contribution is -2.50. The van der Waals surface area contributed by atoms with Crippen LogP contribution in [0, 0.1) is 12.3 Å². The van der Waals surface area contributed by atoms with E-state index in [-0.39, 0.29) is 17.4 Å². The third-order valence-electron chi connectivity index (χ3n) is 3.89. The average Bonchev–Trinajstić information content (AvgIpc) is 2.69. The van der Waals surface area contributed by atoms with Crippen LogP contribution in [0.1, 0.15) is 38.3 Å². The first kappa shape index (κ1) is 14.1. The predicted molar refractivity (Wildman–Crippen MR) is 72.5 cm³/mol. The van der Waals surface area contributed by atoms with Gasteiger partial charge in [-0.25, -0.2) is 4.98 Å². The molecule has 2 heterocycles. The van der Waals surface area contributed by atoms with Crippen molar-refractivity contribution in [3.8, 4) is 0 Å². The van der Waals surface area contributed by atoms with E-state index in [0.29, 0.717) is 12.4 Å². The van der Waals surface area contributed by atoms with E-state index in [2.05, 4.69) is 24.1 Å². The van der Waals surface area contributed by atoms with Crippen LogP contribution in [0.3, 0.4) is 0 Å². The summed E-state index contributed by atoms with van der Waals surface area (Å²) in [7, 11) is 1.85. The van der Waals surface area contributed by atoms with Crippen molar-refractivity contribution in [3.63, 3.8) is 0 Å². The summed E-state index contributed by atoms with van der Waals surface area (Å²) in [6.07, 6.45) is 3.76. The standard InChI is InChI=1S/C14H23N3O2/c1-10-16-8-11(19-10)9-17-7-5-6-14(2,3)12(15-4)13(17)18/h8,12,15H,5-7,9H2,1-4H3.